The molecular formula is C13H19F3IN3O. The molecule has 0 saturated carbocycles. The molecule has 1 aromatic carbocycles. The lowest BCUT2D eigenvalue weighted by Crippen LogP contribution is -2.38. The second-order valence-electron chi connectivity index (χ2n) is 4.04. The first kappa shape index (κ1) is 20.0. The molecular weight excluding hydrogens is 398 g/mol. The van der Waals surface area contributed by atoms with Crippen LogP contribution in [-0.4, -0.2) is 30.8 Å². The van der Waals surface area contributed by atoms with E-state index in [4.69, 9.17) is 5.11 Å². The van der Waals surface area contributed by atoms with Crippen molar-refractivity contribution in [1.82, 2.24) is 10.6 Å². The third-order valence-electron chi connectivity index (χ3n) is 2.45. The molecule has 0 aromatic heterocycles. The standard InChI is InChI=1S/C13H18F3N3O.HI/c1-2-17-12(18-7-8-20)19-9-10-3-5-11(6-4-10)13(14,15)16;/h3-6,20H,2,7-9H2,1H3,(H2,17,18,19);1H. The lowest BCUT2D eigenvalue weighted by atomic mass is 10.1. The fourth-order valence-electron chi connectivity index (χ4n) is 1.49. The Kier molecular flexibility index (Phi) is 9.34. The highest BCUT2D eigenvalue weighted by Crippen LogP contribution is 2.29. The number of alkyl halides is 3. The summed E-state index contributed by atoms with van der Waals surface area (Å²) in [7, 11) is 0. The summed E-state index contributed by atoms with van der Waals surface area (Å²) in [6.07, 6.45) is -4.32. The molecule has 0 aliphatic carbocycles. The molecule has 0 fully saturated rings. The monoisotopic (exact) mass is 417 g/mol. The van der Waals surface area contributed by atoms with E-state index in [1.807, 2.05) is 6.92 Å². The Morgan fingerprint density at radius 3 is 2.29 bits per heavy atom. The highest BCUT2D eigenvalue weighted by atomic mass is 127. The van der Waals surface area contributed by atoms with Crippen molar-refractivity contribution in [2.45, 2.75) is 19.6 Å². The second-order valence-corrected chi connectivity index (χ2v) is 4.04. The molecule has 0 radical (unpaired) electrons. The Bertz CT molecular complexity index is 435. The van der Waals surface area contributed by atoms with Crippen LogP contribution in [0.4, 0.5) is 13.2 Å². The third kappa shape index (κ3) is 7.51. The highest BCUT2D eigenvalue weighted by Gasteiger charge is 2.29. The van der Waals surface area contributed by atoms with E-state index in [0.29, 0.717) is 24.6 Å². The van der Waals surface area contributed by atoms with Gasteiger partial charge >= 0.3 is 6.18 Å². The van der Waals surface area contributed by atoms with Gasteiger partial charge < -0.3 is 15.7 Å². The quantitative estimate of drug-likeness (QED) is 0.392. The highest BCUT2D eigenvalue weighted by molar-refractivity contribution is 14.0. The number of guanidine groups is 1. The molecule has 8 heteroatoms. The van der Waals surface area contributed by atoms with Gasteiger partial charge in [0.1, 0.15) is 0 Å². The number of halogens is 4. The van der Waals surface area contributed by atoms with Gasteiger partial charge in [-0.3, -0.25) is 0 Å². The molecule has 0 amide bonds. The van der Waals surface area contributed by atoms with E-state index in [-0.39, 0.29) is 37.1 Å². The van der Waals surface area contributed by atoms with Crippen LogP contribution in [0.25, 0.3) is 0 Å². The molecule has 3 N–H and O–H groups in total. The van der Waals surface area contributed by atoms with Crippen molar-refractivity contribution in [3.8, 4) is 0 Å². The van der Waals surface area contributed by atoms with Crippen LogP contribution < -0.4 is 10.6 Å². The van der Waals surface area contributed by atoms with Crippen molar-refractivity contribution in [3.63, 3.8) is 0 Å². The number of aliphatic hydroxyl groups excluding tert-OH is 1. The molecule has 0 saturated heterocycles. The average molecular weight is 417 g/mol. The zero-order valence-electron chi connectivity index (χ0n) is 11.6. The Labute approximate surface area is 138 Å². The Morgan fingerprint density at radius 1 is 1.19 bits per heavy atom. The maximum Gasteiger partial charge on any atom is 0.416 e. The van der Waals surface area contributed by atoms with Crippen LogP contribution >= 0.6 is 24.0 Å². The first-order chi connectivity index (χ1) is 9.47. The van der Waals surface area contributed by atoms with Gasteiger partial charge in [0.25, 0.3) is 0 Å². The summed E-state index contributed by atoms with van der Waals surface area (Å²) in [4.78, 5) is 4.22. The minimum atomic E-state index is -4.32. The molecule has 21 heavy (non-hydrogen) atoms. The van der Waals surface area contributed by atoms with E-state index < -0.39 is 11.7 Å². The first-order valence-electron chi connectivity index (χ1n) is 6.26. The van der Waals surface area contributed by atoms with Crippen molar-refractivity contribution in [3.05, 3.63) is 35.4 Å². The van der Waals surface area contributed by atoms with Gasteiger partial charge in [-0.05, 0) is 24.6 Å². The fraction of sp³-hybridized carbons (Fsp3) is 0.462. The van der Waals surface area contributed by atoms with Gasteiger partial charge in [-0.1, -0.05) is 12.1 Å². The summed E-state index contributed by atoms with van der Waals surface area (Å²) < 4.78 is 37.2. The lowest BCUT2D eigenvalue weighted by molar-refractivity contribution is -0.137. The van der Waals surface area contributed by atoms with Gasteiger partial charge in [-0.2, -0.15) is 13.2 Å². The van der Waals surface area contributed by atoms with E-state index in [1.54, 1.807) is 0 Å². The molecule has 4 nitrogen and oxygen atoms in total. The maximum atomic E-state index is 12.4. The summed E-state index contributed by atoms with van der Waals surface area (Å²) >= 11 is 0. The number of aliphatic imine (C=N–C) groups is 1. The molecule has 0 spiro atoms. The van der Waals surface area contributed by atoms with E-state index in [1.165, 1.54) is 12.1 Å². The van der Waals surface area contributed by atoms with Crippen LogP contribution in [0.3, 0.4) is 0 Å². The van der Waals surface area contributed by atoms with Crippen LogP contribution in [-0.2, 0) is 12.7 Å². The zero-order valence-corrected chi connectivity index (χ0v) is 13.9. The van der Waals surface area contributed by atoms with Crippen LogP contribution in [0.5, 0.6) is 0 Å². The SMILES string of the molecule is CCNC(=NCc1ccc(C(F)(F)F)cc1)NCCO.I. The average Bonchev–Trinajstić information content (AvgIpc) is 2.41. The Hall–Kier alpha value is -1.03. The molecule has 0 atom stereocenters. The minimum absolute atomic E-state index is 0. The number of hydrogen-bond donors (Lipinski definition) is 3. The van der Waals surface area contributed by atoms with E-state index >= 15 is 0 Å². The summed E-state index contributed by atoms with van der Waals surface area (Å²) in [5, 5.41) is 14.6. The van der Waals surface area contributed by atoms with Crippen molar-refractivity contribution in [1.29, 1.82) is 0 Å². The molecule has 0 aliphatic heterocycles. The molecule has 1 aromatic rings. The summed E-state index contributed by atoms with van der Waals surface area (Å²) in [5.41, 5.74) is 0.00902. The number of rotatable bonds is 5. The van der Waals surface area contributed by atoms with E-state index in [9.17, 15) is 13.2 Å². The molecule has 0 unspecified atom stereocenters. The van der Waals surface area contributed by atoms with E-state index in [2.05, 4.69) is 15.6 Å². The van der Waals surface area contributed by atoms with Crippen LogP contribution in [0.2, 0.25) is 0 Å². The van der Waals surface area contributed by atoms with Gasteiger partial charge in [-0.25, -0.2) is 4.99 Å². The predicted octanol–water partition coefficient (Wildman–Crippen LogP) is 2.37. The zero-order chi connectivity index (χ0) is 15.0. The van der Waals surface area contributed by atoms with Gasteiger partial charge in [-0.15, -0.1) is 24.0 Å². The van der Waals surface area contributed by atoms with E-state index in [0.717, 1.165) is 12.1 Å². The Balaban J connectivity index is 0.00000400. The normalized spacial score (nSPS) is 11.8. The van der Waals surface area contributed by atoms with Gasteiger partial charge in [0, 0.05) is 13.1 Å². The van der Waals surface area contributed by atoms with Crippen molar-refractivity contribution in [2.75, 3.05) is 19.7 Å². The largest absolute Gasteiger partial charge is 0.416 e. The summed E-state index contributed by atoms with van der Waals surface area (Å²) in [5.74, 6) is 0.515. The predicted molar refractivity (Wildman–Crippen MR) is 86.8 cm³/mol. The number of benzene rings is 1. The first-order valence-corrected chi connectivity index (χ1v) is 6.26. The number of aliphatic hydroxyl groups is 1. The Morgan fingerprint density at radius 2 is 1.81 bits per heavy atom. The third-order valence-corrected chi connectivity index (χ3v) is 2.45. The lowest BCUT2D eigenvalue weighted by Gasteiger charge is -2.10. The van der Waals surface area contributed by atoms with Gasteiger partial charge in [0.2, 0.25) is 0 Å². The number of hydrogen-bond acceptors (Lipinski definition) is 2. The fourth-order valence-corrected chi connectivity index (χ4v) is 1.49. The summed E-state index contributed by atoms with van der Waals surface area (Å²) in [6.45, 7) is 3.15. The maximum absolute atomic E-state index is 12.4. The molecule has 0 heterocycles. The van der Waals surface area contributed by atoms with Crippen LogP contribution in [0.15, 0.2) is 29.3 Å². The van der Waals surface area contributed by atoms with Gasteiger partial charge in [0.15, 0.2) is 5.96 Å². The second kappa shape index (κ2) is 9.82. The molecule has 0 aliphatic rings. The summed E-state index contributed by atoms with van der Waals surface area (Å²) in [6, 6.07) is 4.89. The topological polar surface area (TPSA) is 56.7 Å². The smallest absolute Gasteiger partial charge is 0.395 e. The molecule has 1 rings (SSSR count). The molecule has 0 bridgehead atoms. The number of nitrogens with zero attached hydrogens (tertiary/aromatic N) is 1. The minimum Gasteiger partial charge on any atom is -0.395 e. The molecule has 120 valence electrons. The van der Waals surface area contributed by atoms with Crippen molar-refractivity contribution in [2.24, 2.45) is 4.99 Å². The van der Waals surface area contributed by atoms with Crippen LogP contribution in [0, 0.1) is 0 Å². The number of nitrogens with one attached hydrogen (secondary N) is 2. The van der Waals surface area contributed by atoms with Crippen LogP contribution in [0.1, 0.15) is 18.1 Å². The van der Waals surface area contributed by atoms with Crippen molar-refractivity contribution < 1.29 is 18.3 Å². The van der Waals surface area contributed by atoms with Gasteiger partial charge in [0.05, 0.1) is 18.7 Å². The van der Waals surface area contributed by atoms with Crippen molar-refractivity contribution >= 4 is 29.9 Å².